The highest BCUT2D eigenvalue weighted by Crippen LogP contribution is 2.18. The molecule has 0 atom stereocenters. The third-order valence-corrected chi connectivity index (χ3v) is 2.48. The Morgan fingerprint density at radius 1 is 1.00 bits per heavy atom. The largest absolute Gasteiger partial charge is 0.497 e. The van der Waals surface area contributed by atoms with E-state index in [-0.39, 0.29) is 0 Å². The molecule has 0 aromatic heterocycles. The zero-order valence-corrected chi connectivity index (χ0v) is 10.1. The Morgan fingerprint density at radius 3 is 2.24 bits per heavy atom. The van der Waals surface area contributed by atoms with Crippen molar-refractivity contribution in [2.24, 2.45) is 0 Å². The molecule has 0 aliphatic rings. The standard InChI is InChI=1S/C14H11ClNO/c1-17-14-8-6-13(7-9-14)16-10-11-2-4-12(15)5-3-11/h2-9H,1H3/q+1. The molecule has 2 aromatic carbocycles. The number of methoxy groups -OCH3 is 1. The van der Waals surface area contributed by atoms with Gasteiger partial charge >= 0.3 is 11.8 Å². The van der Waals surface area contributed by atoms with Gasteiger partial charge in [0.25, 0.3) is 0 Å². The molecule has 0 spiro atoms. The first kappa shape index (κ1) is 11.5. The van der Waals surface area contributed by atoms with E-state index in [1.54, 1.807) is 7.11 Å². The molecule has 2 aromatic rings. The lowest BCUT2D eigenvalue weighted by Crippen LogP contribution is -1.79. The number of benzene rings is 2. The molecule has 0 aliphatic carbocycles. The molecular formula is C14H11ClNO+. The summed E-state index contributed by atoms with van der Waals surface area (Å²) in [5.74, 6) is 0.815. The lowest BCUT2D eigenvalue weighted by atomic mass is 10.2. The van der Waals surface area contributed by atoms with Crippen molar-refractivity contribution in [3.05, 3.63) is 64.0 Å². The summed E-state index contributed by atoms with van der Waals surface area (Å²) in [4.78, 5) is 4.23. The molecule has 0 heterocycles. The minimum Gasteiger partial charge on any atom is -0.497 e. The van der Waals surface area contributed by atoms with E-state index in [4.69, 9.17) is 16.3 Å². The highest BCUT2D eigenvalue weighted by Gasteiger charge is 2.01. The third-order valence-electron chi connectivity index (χ3n) is 2.23. The van der Waals surface area contributed by atoms with E-state index in [1.807, 2.05) is 48.5 Å². The van der Waals surface area contributed by atoms with E-state index in [0.717, 1.165) is 17.0 Å². The predicted octanol–water partition coefficient (Wildman–Crippen LogP) is 4.36. The van der Waals surface area contributed by atoms with Gasteiger partial charge in [-0.25, -0.2) is 0 Å². The summed E-state index contributed by atoms with van der Waals surface area (Å²) in [6, 6.07) is 17.8. The van der Waals surface area contributed by atoms with Crippen LogP contribution in [0, 0.1) is 6.07 Å². The van der Waals surface area contributed by atoms with Crippen molar-refractivity contribution in [1.82, 2.24) is 0 Å². The molecule has 0 saturated carbocycles. The molecule has 3 heteroatoms. The summed E-state index contributed by atoms with van der Waals surface area (Å²) in [6.45, 7) is 0. The molecule has 2 rings (SSSR count). The van der Waals surface area contributed by atoms with Gasteiger partial charge in [0.1, 0.15) is 11.3 Å². The van der Waals surface area contributed by atoms with Crippen LogP contribution < -0.4 is 4.74 Å². The van der Waals surface area contributed by atoms with Gasteiger partial charge in [-0.15, -0.1) is 0 Å². The Morgan fingerprint density at radius 2 is 1.65 bits per heavy atom. The second-order valence-corrected chi connectivity index (χ2v) is 3.86. The summed E-state index contributed by atoms with van der Waals surface area (Å²) in [6.07, 6.45) is 0. The zero-order chi connectivity index (χ0) is 12.1. The first-order valence-corrected chi connectivity index (χ1v) is 5.52. The monoisotopic (exact) mass is 244 g/mol. The quantitative estimate of drug-likeness (QED) is 0.727. The summed E-state index contributed by atoms with van der Waals surface area (Å²) in [5.41, 5.74) is 1.73. The fourth-order valence-corrected chi connectivity index (χ4v) is 1.44. The Balaban J connectivity index is 2.17. The second-order valence-electron chi connectivity index (χ2n) is 3.43. The van der Waals surface area contributed by atoms with Crippen molar-refractivity contribution < 1.29 is 4.74 Å². The van der Waals surface area contributed by atoms with Crippen LogP contribution in [0.2, 0.25) is 5.02 Å². The van der Waals surface area contributed by atoms with E-state index in [9.17, 15) is 0 Å². The van der Waals surface area contributed by atoms with Gasteiger partial charge in [-0.3, -0.25) is 0 Å². The van der Waals surface area contributed by atoms with Crippen LogP contribution >= 0.6 is 11.6 Å². The van der Waals surface area contributed by atoms with Crippen molar-refractivity contribution in [2.45, 2.75) is 0 Å². The average molecular weight is 245 g/mol. The fraction of sp³-hybridized carbons (Fsp3) is 0.0714. The van der Waals surface area contributed by atoms with Crippen LogP contribution in [0.25, 0.3) is 4.85 Å². The van der Waals surface area contributed by atoms with Crippen LogP contribution in [-0.4, -0.2) is 7.11 Å². The molecule has 0 aliphatic heterocycles. The summed E-state index contributed by atoms with van der Waals surface area (Å²) in [7, 11) is 1.64. The molecule has 0 fully saturated rings. The lowest BCUT2D eigenvalue weighted by Gasteiger charge is -1.93. The smallest absolute Gasteiger partial charge is 0.340 e. The van der Waals surface area contributed by atoms with Gasteiger partial charge < -0.3 is 4.74 Å². The SMILES string of the molecule is COc1ccc([N+]#Cc2ccc(Cl)cc2)cc1. The maximum atomic E-state index is 5.79. The number of halogens is 1. The van der Waals surface area contributed by atoms with Crippen LogP contribution in [0.3, 0.4) is 0 Å². The molecule has 0 N–H and O–H groups in total. The Bertz CT molecular complexity index is 550. The van der Waals surface area contributed by atoms with Crippen molar-refractivity contribution in [3.63, 3.8) is 0 Å². The Hall–Kier alpha value is -1.98. The van der Waals surface area contributed by atoms with Gasteiger partial charge in [-0.2, -0.15) is 0 Å². The molecule has 0 bridgehead atoms. The number of rotatable bonds is 1. The topological polar surface area (TPSA) is 13.6 Å². The number of ether oxygens (including phenoxy) is 1. The Kier molecular flexibility index (Phi) is 3.64. The zero-order valence-electron chi connectivity index (χ0n) is 9.35. The first-order chi connectivity index (χ1) is 8.28. The highest BCUT2D eigenvalue weighted by molar-refractivity contribution is 6.30. The second kappa shape index (κ2) is 5.38. The maximum Gasteiger partial charge on any atom is 0.340 e. The molecule has 0 unspecified atom stereocenters. The first-order valence-electron chi connectivity index (χ1n) is 5.14. The van der Waals surface area contributed by atoms with Gasteiger partial charge in [0.05, 0.1) is 7.11 Å². The van der Waals surface area contributed by atoms with Crippen LogP contribution in [0.15, 0.2) is 48.5 Å². The maximum absolute atomic E-state index is 5.79. The molecule has 2 nitrogen and oxygen atoms in total. The molecule has 0 saturated heterocycles. The number of hydrogen-bond acceptors (Lipinski definition) is 1. The third kappa shape index (κ3) is 3.24. The van der Waals surface area contributed by atoms with E-state index in [1.165, 1.54) is 0 Å². The minimum atomic E-state index is 0.708. The minimum absolute atomic E-state index is 0.708. The Labute approximate surface area is 105 Å². The van der Waals surface area contributed by atoms with E-state index < -0.39 is 0 Å². The van der Waals surface area contributed by atoms with Gasteiger partial charge in [-0.1, -0.05) is 11.6 Å². The van der Waals surface area contributed by atoms with Crippen LogP contribution in [0.1, 0.15) is 5.56 Å². The van der Waals surface area contributed by atoms with Crippen LogP contribution in [0.5, 0.6) is 5.75 Å². The summed E-state index contributed by atoms with van der Waals surface area (Å²) >= 11 is 5.79. The molecule has 17 heavy (non-hydrogen) atoms. The molecular weight excluding hydrogens is 234 g/mol. The fourth-order valence-electron chi connectivity index (χ4n) is 1.31. The molecule has 84 valence electrons. The lowest BCUT2D eigenvalue weighted by molar-refractivity contribution is 0.415. The van der Waals surface area contributed by atoms with Crippen molar-refractivity contribution in [3.8, 4) is 11.8 Å². The van der Waals surface area contributed by atoms with Gasteiger partial charge in [-0.05, 0) is 41.2 Å². The number of nitrogens with zero attached hydrogens (tertiary/aromatic N) is 1. The van der Waals surface area contributed by atoms with Crippen LogP contribution in [0.4, 0.5) is 5.69 Å². The van der Waals surface area contributed by atoms with Crippen molar-refractivity contribution in [1.29, 1.82) is 0 Å². The van der Waals surface area contributed by atoms with Crippen LogP contribution in [-0.2, 0) is 0 Å². The molecule has 0 radical (unpaired) electrons. The van der Waals surface area contributed by atoms with E-state index >= 15 is 0 Å². The van der Waals surface area contributed by atoms with Gasteiger partial charge in [0.15, 0.2) is 0 Å². The van der Waals surface area contributed by atoms with E-state index in [2.05, 4.69) is 10.9 Å². The predicted molar refractivity (Wildman–Crippen MR) is 70.5 cm³/mol. The van der Waals surface area contributed by atoms with Crippen molar-refractivity contribution in [2.75, 3.05) is 7.11 Å². The number of hydrogen-bond donors (Lipinski definition) is 0. The highest BCUT2D eigenvalue weighted by atomic mass is 35.5. The average Bonchev–Trinajstić information content (AvgIpc) is 2.39. The summed E-state index contributed by atoms with van der Waals surface area (Å²) in [5, 5.41) is 0.708. The summed E-state index contributed by atoms with van der Waals surface area (Å²) < 4.78 is 5.07. The normalized spacial score (nSPS) is 9.29. The van der Waals surface area contributed by atoms with E-state index in [0.29, 0.717) is 5.02 Å². The molecule has 0 amide bonds. The van der Waals surface area contributed by atoms with Gasteiger partial charge in [0, 0.05) is 17.2 Å². The van der Waals surface area contributed by atoms with Crippen molar-refractivity contribution >= 4 is 17.3 Å². The van der Waals surface area contributed by atoms with Gasteiger partial charge in [0.2, 0.25) is 0 Å².